The molecule has 0 unspecified atom stereocenters. The Hall–Kier alpha value is -3.39. The van der Waals surface area contributed by atoms with Gasteiger partial charge in [0.25, 0.3) is 5.91 Å². The summed E-state index contributed by atoms with van der Waals surface area (Å²) in [5.74, 6) is 0.0706. The van der Waals surface area contributed by atoms with Gasteiger partial charge in [0.2, 0.25) is 0 Å². The van der Waals surface area contributed by atoms with Gasteiger partial charge in [-0.05, 0) is 85.8 Å². The molecular weight excluding hydrogens is 546 g/mol. The van der Waals surface area contributed by atoms with Crippen molar-refractivity contribution >= 4 is 49.5 Å². The summed E-state index contributed by atoms with van der Waals surface area (Å²) in [6.07, 6.45) is 2.42. The second-order valence-electron chi connectivity index (χ2n) is 7.05. The van der Waals surface area contributed by atoms with Crippen LogP contribution in [0.1, 0.15) is 29.2 Å². The summed E-state index contributed by atoms with van der Waals surface area (Å²) >= 11 is 6.98. The number of nitrogens with zero attached hydrogens (tertiary/aromatic N) is 2. The van der Waals surface area contributed by atoms with Crippen molar-refractivity contribution in [1.29, 1.82) is 10.5 Å². The van der Waals surface area contributed by atoms with Crippen molar-refractivity contribution in [3.63, 3.8) is 0 Å². The average molecular weight is 565 g/mol. The molecule has 164 valence electrons. The van der Waals surface area contributed by atoms with Gasteiger partial charge in [-0.25, -0.2) is 0 Å². The van der Waals surface area contributed by atoms with E-state index >= 15 is 0 Å². The lowest BCUT2D eigenvalue weighted by Gasteiger charge is -2.12. The van der Waals surface area contributed by atoms with Crippen LogP contribution in [-0.2, 0) is 17.8 Å². The molecule has 0 saturated heterocycles. The van der Waals surface area contributed by atoms with Crippen LogP contribution in [0.25, 0.3) is 6.08 Å². The molecule has 3 aromatic carbocycles. The van der Waals surface area contributed by atoms with Crippen molar-refractivity contribution in [3.05, 3.63) is 97.4 Å². The van der Waals surface area contributed by atoms with Crippen molar-refractivity contribution in [2.75, 3.05) is 5.32 Å². The fourth-order valence-corrected chi connectivity index (χ4v) is 4.49. The number of nitriles is 2. The molecular formula is C26H19Br2N3O2. The normalized spacial score (nSPS) is 10.8. The van der Waals surface area contributed by atoms with Gasteiger partial charge in [0.1, 0.15) is 24.0 Å². The van der Waals surface area contributed by atoms with E-state index in [0.29, 0.717) is 31.5 Å². The second-order valence-corrected chi connectivity index (χ2v) is 8.75. The molecule has 0 radical (unpaired) electrons. The molecule has 1 amide bonds. The Labute approximate surface area is 209 Å². The molecule has 0 bridgehead atoms. The van der Waals surface area contributed by atoms with Gasteiger partial charge in [0, 0.05) is 11.3 Å². The third-order valence-corrected chi connectivity index (χ3v) is 6.00. The summed E-state index contributed by atoms with van der Waals surface area (Å²) in [5, 5.41) is 21.5. The van der Waals surface area contributed by atoms with E-state index in [1.54, 1.807) is 24.3 Å². The molecule has 0 aliphatic heterocycles. The Kier molecular flexibility index (Phi) is 8.43. The molecule has 0 aliphatic rings. The zero-order valence-corrected chi connectivity index (χ0v) is 20.9. The van der Waals surface area contributed by atoms with E-state index < -0.39 is 5.91 Å². The van der Waals surface area contributed by atoms with Crippen LogP contribution in [0.15, 0.2) is 75.2 Å². The van der Waals surface area contributed by atoms with Crippen molar-refractivity contribution in [1.82, 2.24) is 0 Å². The Morgan fingerprint density at radius 2 is 1.73 bits per heavy atom. The van der Waals surface area contributed by atoms with E-state index in [2.05, 4.69) is 50.2 Å². The molecule has 0 aromatic heterocycles. The van der Waals surface area contributed by atoms with E-state index in [-0.39, 0.29) is 12.2 Å². The number of benzene rings is 3. The molecule has 0 saturated carbocycles. The summed E-state index contributed by atoms with van der Waals surface area (Å²) in [7, 11) is 0. The first-order valence-electron chi connectivity index (χ1n) is 10.1. The molecule has 0 fully saturated rings. The highest BCUT2D eigenvalue weighted by atomic mass is 79.9. The summed E-state index contributed by atoms with van der Waals surface area (Å²) in [4.78, 5) is 12.6. The van der Waals surface area contributed by atoms with Crippen LogP contribution in [0.5, 0.6) is 5.75 Å². The van der Waals surface area contributed by atoms with Crippen LogP contribution in [0, 0.1) is 22.7 Å². The zero-order valence-electron chi connectivity index (χ0n) is 17.7. The molecule has 1 N–H and O–H groups in total. The monoisotopic (exact) mass is 563 g/mol. The largest absolute Gasteiger partial charge is 0.486 e. The third-order valence-electron chi connectivity index (χ3n) is 4.83. The van der Waals surface area contributed by atoms with Crippen molar-refractivity contribution in [2.45, 2.75) is 20.0 Å². The van der Waals surface area contributed by atoms with Gasteiger partial charge >= 0.3 is 0 Å². The predicted octanol–water partition coefficient (Wildman–Crippen LogP) is 6.77. The first-order chi connectivity index (χ1) is 15.9. The smallest absolute Gasteiger partial charge is 0.266 e. The minimum atomic E-state index is -0.484. The highest BCUT2D eigenvalue weighted by Gasteiger charge is 2.13. The topological polar surface area (TPSA) is 85.9 Å². The molecule has 0 atom stereocenters. The summed E-state index contributed by atoms with van der Waals surface area (Å²) in [6.45, 7) is 2.28. The van der Waals surface area contributed by atoms with E-state index in [1.807, 2.05) is 42.5 Å². The number of hydrogen-bond donors (Lipinski definition) is 1. The van der Waals surface area contributed by atoms with Crippen molar-refractivity contribution in [3.8, 4) is 17.9 Å². The maximum Gasteiger partial charge on any atom is 0.266 e. The number of carbonyl (C=O) groups excluding carboxylic acids is 1. The maximum atomic E-state index is 12.6. The first kappa shape index (κ1) is 24.3. The summed E-state index contributed by atoms with van der Waals surface area (Å²) in [6, 6.07) is 22.4. The Bertz CT molecular complexity index is 1260. The number of aryl methyl sites for hydroxylation is 1. The highest BCUT2D eigenvalue weighted by Crippen LogP contribution is 2.36. The minimum absolute atomic E-state index is 0.0232. The van der Waals surface area contributed by atoms with Gasteiger partial charge in [-0.2, -0.15) is 10.5 Å². The van der Waals surface area contributed by atoms with Gasteiger partial charge in [0.15, 0.2) is 0 Å². The fraction of sp³-hybridized carbons (Fsp3) is 0.115. The van der Waals surface area contributed by atoms with Crippen LogP contribution in [-0.4, -0.2) is 5.91 Å². The van der Waals surface area contributed by atoms with Crippen LogP contribution >= 0.6 is 31.9 Å². The quantitative estimate of drug-likeness (QED) is 0.253. The minimum Gasteiger partial charge on any atom is -0.486 e. The number of ether oxygens (including phenoxy) is 1. The maximum absolute atomic E-state index is 12.6. The third kappa shape index (κ3) is 6.32. The van der Waals surface area contributed by atoms with Gasteiger partial charge in [-0.3, -0.25) is 4.79 Å². The number of halogens is 2. The molecule has 0 aliphatic carbocycles. The number of rotatable bonds is 7. The lowest BCUT2D eigenvalue weighted by molar-refractivity contribution is -0.112. The number of nitrogens with one attached hydrogen (secondary N) is 1. The zero-order chi connectivity index (χ0) is 23.8. The van der Waals surface area contributed by atoms with E-state index in [4.69, 9.17) is 4.74 Å². The van der Waals surface area contributed by atoms with Gasteiger partial charge in [0.05, 0.1) is 20.6 Å². The van der Waals surface area contributed by atoms with Crippen LogP contribution < -0.4 is 10.1 Å². The second kappa shape index (κ2) is 11.5. The molecule has 0 heterocycles. The van der Waals surface area contributed by atoms with Crippen LogP contribution in [0.2, 0.25) is 0 Å². The van der Waals surface area contributed by atoms with Gasteiger partial charge < -0.3 is 10.1 Å². The molecule has 0 spiro atoms. The SMILES string of the molecule is CCc1ccc(NC(=O)/C(C#N)=C/c2cc(Br)c(OCc3ccccc3C#N)c(Br)c2)cc1. The van der Waals surface area contributed by atoms with E-state index in [0.717, 1.165) is 17.5 Å². The number of anilines is 1. The summed E-state index contributed by atoms with van der Waals surface area (Å²) < 4.78 is 7.21. The standard InChI is InChI=1S/C26H19Br2N3O2/c1-2-17-7-9-22(10-8-17)31-26(32)21(15-30)11-18-12-23(27)25(24(28)13-18)33-16-20-6-4-3-5-19(20)14-29/h3-13H,2,16H2,1H3,(H,31,32)/b21-11+. The predicted molar refractivity (Wildman–Crippen MR) is 135 cm³/mol. The van der Waals surface area contributed by atoms with Crippen molar-refractivity contribution in [2.24, 2.45) is 0 Å². The van der Waals surface area contributed by atoms with Crippen LogP contribution in [0.3, 0.4) is 0 Å². The van der Waals surface area contributed by atoms with Crippen LogP contribution in [0.4, 0.5) is 5.69 Å². The van der Waals surface area contributed by atoms with E-state index in [1.165, 1.54) is 6.08 Å². The molecule has 3 aromatic rings. The molecule has 5 nitrogen and oxygen atoms in total. The lowest BCUT2D eigenvalue weighted by atomic mass is 10.1. The average Bonchev–Trinajstić information content (AvgIpc) is 2.82. The fourth-order valence-electron chi connectivity index (χ4n) is 3.04. The number of amides is 1. The first-order valence-corrected chi connectivity index (χ1v) is 11.7. The lowest BCUT2D eigenvalue weighted by Crippen LogP contribution is -2.13. The molecule has 7 heteroatoms. The number of hydrogen-bond acceptors (Lipinski definition) is 4. The highest BCUT2D eigenvalue weighted by molar-refractivity contribution is 9.11. The Balaban J connectivity index is 1.77. The van der Waals surface area contributed by atoms with E-state index in [9.17, 15) is 15.3 Å². The van der Waals surface area contributed by atoms with Gasteiger partial charge in [-0.1, -0.05) is 37.3 Å². The Morgan fingerprint density at radius 1 is 1.06 bits per heavy atom. The summed E-state index contributed by atoms with van der Waals surface area (Å²) in [5.41, 5.74) is 3.74. The molecule has 3 rings (SSSR count). The van der Waals surface area contributed by atoms with Crippen molar-refractivity contribution < 1.29 is 9.53 Å². The molecule has 33 heavy (non-hydrogen) atoms. The Morgan fingerprint density at radius 3 is 2.33 bits per heavy atom. The van der Waals surface area contributed by atoms with Gasteiger partial charge in [-0.15, -0.1) is 0 Å². The number of carbonyl (C=O) groups is 1.